The first kappa shape index (κ1) is 29.1. The van der Waals surface area contributed by atoms with Gasteiger partial charge in [-0.15, -0.1) is 0 Å². The Labute approximate surface area is 249 Å². The number of benzene rings is 1. The number of rotatable bonds is 7. The van der Waals surface area contributed by atoms with Crippen molar-refractivity contribution in [2.45, 2.75) is 48.5 Å². The second kappa shape index (κ2) is 10.9. The van der Waals surface area contributed by atoms with Crippen LogP contribution in [0.25, 0.3) is 22.3 Å². The van der Waals surface area contributed by atoms with E-state index in [-0.39, 0.29) is 48.0 Å². The third-order valence-electron chi connectivity index (χ3n) is 7.17. The molecule has 6 rings (SSSR count). The number of hydrogen-bond acceptors (Lipinski definition) is 8. The number of amides is 1. The van der Waals surface area contributed by atoms with Gasteiger partial charge in [0.1, 0.15) is 10.6 Å². The van der Waals surface area contributed by atoms with E-state index in [1.807, 2.05) is 0 Å². The highest BCUT2D eigenvalue weighted by Crippen LogP contribution is 2.57. The molecule has 1 N–H and O–H groups in total. The van der Waals surface area contributed by atoms with E-state index in [0.717, 1.165) is 6.07 Å². The number of nitrogens with zero attached hydrogens (tertiary/aromatic N) is 3. The third-order valence-corrected chi connectivity index (χ3v) is 9.28. The van der Waals surface area contributed by atoms with Gasteiger partial charge in [0.05, 0.1) is 59.0 Å². The number of carbonyl (C=O) groups excluding carboxylic acids is 1. The molecule has 0 spiro atoms. The zero-order valence-electron chi connectivity index (χ0n) is 22.6. The van der Waals surface area contributed by atoms with Gasteiger partial charge in [0, 0.05) is 30.0 Å². The molecule has 1 amide bonds. The maximum absolute atomic E-state index is 14.3. The predicted molar refractivity (Wildman–Crippen MR) is 151 cm³/mol. The van der Waals surface area contributed by atoms with Gasteiger partial charge in [-0.1, -0.05) is 11.6 Å². The average molecular weight is 633 g/mol. The summed E-state index contributed by atoms with van der Waals surface area (Å²) in [4.78, 5) is 25.9. The van der Waals surface area contributed by atoms with Gasteiger partial charge in [-0.25, -0.2) is 31.6 Å². The Morgan fingerprint density at radius 2 is 1.91 bits per heavy atom. The van der Waals surface area contributed by atoms with Gasteiger partial charge in [-0.05, 0) is 49.4 Å². The number of nitrogens with one attached hydrogen (secondary N) is 1. The van der Waals surface area contributed by atoms with E-state index in [4.69, 9.17) is 21.1 Å². The molecule has 43 heavy (non-hydrogen) atoms. The van der Waals surface area contributed by atoms with Crippen molar-refractivity contribution < 1.29 is 35.9 Å². The normalized spacial score (nSPS) is 20.0. The molecule has 224 valence electrons. The van der Waals surface area contributed by atoms with Crippen LogP contribution in [0.4, 0.5) is 13.2 Å². The molecule has 1 fully saturated rings. The van der Waals surface area contributed by atoms with Crippen LogP contribution in [0.2, 0.25) is 5.02 Å². The van der Waals surface area contributed by atoms with Gasteiger partial charge in [0.25, 0.3) is 11.8 Å². The molecule has 2 atom stereocenters. The van der Waals surface area contributed by atoms with Crippen molar-refractivity contribution >= 4 is 38.2 Å². The molecule has 14 heteroatoms. The fraction of sp³-hybridized carbons (Fsp3) is 0.310. The number of halogens is 4. The quantitative estimate of drug-likeness (QED) is 0.278. The summed E-state index contributed by atoms with van der Waals surface area (Å²) in [5, 5.41) is 3.22. The number of hydrogen-bond donors (Lipinski definition) is 1. The molecule has 1 unspecified atom stereocenters. The van der Waals surface area contributed by atoms with Gasteiger partial charge >= 0.3 is 0 Å². The zero-order chi connectivity index (χ0) is 30.5. The second-order valence-corrected chi connectivity index (χ2v) is 12.6. The number of aromatic nitrogens is 3. The minimum atomic E-state index is -4.40. The highest BCUT2D eigenvalue weighted by Gasteiger charge is 2.59. The molecule has 2 aliphatic rings. The van der Waals surface area contributed by atoms with Crippen molar-refractivity contribution in [3.63, 3.8) is 0 Å². The largest absolute Gasteiger partial charge is 0.492 e. The topological polar surface area (TPSA) is 120 Å². The molecule has 1 saturated carbocycles. The van der Waals surface area contributed by atoms with Crippen LogP contribution in [0.15, 0.2) is 53.6 Å². The molecule has 3 aromatic heterocycles. The van der Waals surface area contributed by atoms with Gasteiger partial charge in [-0.3, -0.25) is 9.78 Å². The maximum atomic E-state index is 14.3. The van der Waals surface area contributed by atoms with Crippen molar-refractivity contribution in [1.82, 2.24) is 20.3 Å². The number of sulfone groups is 1. The average Bonchev–Trinajstić information content (AvgIpc) is 3.65. The summed E-state index contributed by atoms with van der Waals surface area (Å²) in [5.74, 6) is -4.35. The smallest absolute Gasteiger partial charge is 0.257 e. The number of alkyl halides is 3. The molecule has 1 aliphatic carbocycles. The number of fused-ring (bicyclic) bond motifs is 2. The summed E-state index contributed by atoms with van der Waals surface area (Å²) >= 11 is 6.19. The Hall–Kier alpha value is -3.97. The lowest BCUT2D eigenvalue weighted by Crippen LogP contribution is -2.24. The number of carbonyl (C=O) groups is 1. The first-order valence-corrected chi connectivity index (χ1v) is 15.3. The van der Waals surface area contributed by atoms with E-state index in [1.165, 1.54) is 6.07 Å². The minimum Gasteiger partial charge on any atom is -0.492 e. The summed E-state index contributed by atoms with van der Waals surface area (Å²) in [5.41, 5.74) is -0.254. The van der Waals surface area contributed by atoms with Crippen LogP contribution < -0.4 is 14.8 Å². The molecule has 9 nitrogen and oxygen atoms in total. The standard InChI is InChI=1S/C29H24ClF3N4O5S/c1-2-41-23-6-5-21(37-26(23)18-12-29(18,32)33)20-4-3-15-13-34-17(11-22(15)36-20)14-35-28(38)16-9-19(30)27-24(10-16)43(39,40)25(31)7-8-42-27/h3-6,9-11,13,18,25H,2,7-8,12,14H2,1H3,(H,35,38)/t18?,25-/m1/s1. The molecule has 1 aliphatic heterocycles. The highest BCUT2D eigenvalue weighted by atomic mass is 35.5. The zero-order valence-corrected chi connectivity index (χ0v) is 24.2. The van der Waals surface area contributed by atoms with E-state index in [2.05, 4.69) is 20.3 Å². The van der Waals surface area contributed by atoms with Gasteiger partial charge in [0.15, 0.2) is 5.75 Å². The Morgan fingerprint density at radius 3 is 2.65 bits per heavy atom. The summed E-state index contributed by atoms with van der Waals surface area (Å²) in [6, 6.07) is 10.7. The van der Waals surface area contributed by atoms with Crippen molar-refractivity contribution in [2.75, 3.05) is 13.2 Å². The Balaban J connectivity index is 1.23. The van der Waals surface area contributed by atoms with Crippen LogP contribution in [0.5, 0.6) is 11.5 Å². The van der Waals surface area contributed by atoms with Crippen LogP contribution in [0.3, 0.4) is 0 Å². The lowest BCUT2D eigenvalue weighted by molar-refractivity contribution is 0.0949. The van der Waals surface area contributed by atoms with Crippen LogP contribution in [0, 0.1) is 0 Å². The van der Waals surface area contributed by atoms with E-state index in [1.54, 1.807) is 43.5 Å². The van der Waals surface area contributed by atoms with Gasteiger partial charge < -0.3 is 14.8 Å². The van der Waals surface area contributed by atoms with Crippen LogP contribution in [-0.4, -0.2) is 53.9 Å². The van der Waals surface area contributed by atoms with E-state index >= 15 is 0 Å². The lowest BCUT2D eigenvalue weighted by atomic mass is 10.1. The van der Waals surface area contributed by atoms with E-state index in [9.17, 15) is 26.4 Å². The maximum Gasteiger partial charge on any atom is 0.257 e. The van der Waals surface area contributed by atoms with Crippen LogP contribution in [0.1, 0.15) is 47.4 Å². The van der Waals surface area contributed by atoms with Crippen LogP contribution >= 0.6 is 11.6 Å². The molecule has 4 heterocycles. The molecule has 0 bridgehead atoms. The summed E-state index contributed by atoms with van der Waals surface area (Å²) in [7, 11) is -4.40. The summed E-state index contributed by atoms with van der Waals surface area (Å²) in [6.07, 6.45) is 0.928. The van der Waals surface area contributed by atoms with Gasteiger partial charge in [0.2, 0.25) is 15.3 Å². The number of ether oxygens (including phenoxy) is 2. The van der Waals surface area contributed by atoms with Crippen molar-refractivity contribution in [1.29, 1.82) is 0 Å². The van der Waals surface area contributed by atoms with Crippen molar-refractivity contribution in [3.8, 4) is 22.9 Å². The highest BCUT2D eigenvalue weighted by molar-refractivity contribution is 7.92. The molecular formula is C29H24ClF3N4O5S. The predicted octanol–water partition coefficient (Wildman–Crippen LogP) is 5.65. The van der Waals surface area contributed by atoms with Crippen molar-refractivity contribution in [2.24, 2.45) is 0 Å². The first-order chi connectivity index (χ1) is 20.5. The Bertz CT molecular complexity index is 1870. The fourth-order valence-electron chi connectivity index (χ4n) is 4.81. The second-order valence-electron chi connectivity index (χ2n) is 10.2. The van der Waals surface area contributed by atoms with Gasteiger partial charge in [-0.2, -0.15) is 0 Å². The molecule has 0 radical (unpaired) electrons. The molecule has 1 aromatic carbocycles. The Kier molecular flexibility index (Phi) is 7.41. The summed E-state index contributed by atoms with van der Waals surface area (Å²) in [6.45, 7) is 1.86. The molecule has 0 saturated heterocycles. The number of pyridine rings is 3. The SMILES string of the molecule is CCOc1ccc(-c2ccc3cnc(CNC(=O)c4cc(Cl)c5c(c4)S(=O)(=O)[C@@H](F)CCO5)cc3n2)nc1C1CC1(F)F. The van der Waals surface area contributed by atoms with E-state index < -0.39 is 38.0 Å². The Morgan fingerprint density at radius 1 is 1.16 bits per heavy atom. The fourth-order valence-corrected chi connectivity index (χ4v) is 6.54. The molecular weight excluding hydrogens is 609 g/mol. The summed E-state index contributed by atoms with van der Waals surface area (Å²) < 4.78 is 78.1. The minimum absolute atomic E-state index is 0.0490. The molecule has 4 aromatic rings. The lowest BCUT2D eigenvalue weighted by Gasteiger charge is -2.12. The third kappa shape index (κ3) is 5.58. The van der Waals surface area contributed by atoms with Crippen LogP contribution in [-0.2, 0) is 16.4 Å². The monoisotopic (exact) mass is 632 g/mol. The first-order valence-electron chi connectivity index (χ1n) is 13.4. The van der Waals surface area contributed by atoms with Crippen molar-refractivity contribution in [3.05, 3.63) is 70.6 Å². The van der Waals surface area contributed by atoms with E-state index in [0.29, 0.717) is 40.3 Å².